The number of alkyl carbamates (subject to hydrolysis) is 1. The van der Waals surface area contributed by atoms with Gasteiger partial charge in [-0.25, -0.2) is 9.78 Å². The number of aromatic amines is 1. The van der Waals surface area contributed by atoms with Gasteiger partial charge in [0, 0.05) is 37.3 Å². The first-order valence-corrected chi connectivity index (χ1v) is 16.8. The number of rotatable bonds is 17. The first-order valence-electron chi connectivity index (χ1n) is 16.8. The van der Waals surface area contributed by atoms with Gasteiger partial charge in [0.05, 0.1) is 12.9 Å². The number of amides is 3. The number of H-pyrrole nitrogens is 1. The van der Waals surface area contributed by atoms with Crippen molar-refractivity contribution in [1.82, 2.24) is 25.5 Å². The molecular formula is C40H43N5O5. The van der Waals surface area contributed by atoms with E-state index in [0.29, 0.717) is 24.6 Å². The molecule has 10 nitrogen and oxygen atoms in total. The van der Waals surface area contributed by atoms with Crippen molar-refractivity contribution in [3.05, 3.63) is 156 Å². The van der Waals surface area contributed by atoms with Gasteiger partial charge in [0.15, 0.2) is 0 Å². The normalized spacial score (nSPS) is 11.9. The summed E-state index contributed by atoms with van der Waals surface area (Å²) in [6, 6.07) is 35.6. The van der Waals surface area contributed by atoms with Gasteiger partial charge in [0.1, 0.15) is 25.0 Å². The van der Waals surface area contributed by atoms with E-state index in [0.717, 1.165) is 28.7 Å². The van der Waals surface area contributed by atoms with Crippen LogP contribution in [0.3, 0.4) is 0 Å². The SMILES string of the molecule is CCC(CNC(=O)CN(Cc1ccc(OCc2ccccc2)cc1)C(=O)[C@H](Cc1cnc[nH]1)NC(=O)OCc1ccccc1)c1ccccc1. The standard InChI is InChI=1S/C40H43N5O5/c1-2-33(34-16-10-5-11-17-34)23-42-38(46)26-45(25-30-18-20-36(21-19-30)49-27-31-12-6-3-7-13-31)39(47)37(22-35-24-41-29-43-35)44-40(48)50-28-32-14-8-4-9-15-32/h3-21,24,29,33,37H,2,22-23,25-28H2,1H3,(H,41,43)(H,42,46)(H,44,48)/t33?,37-/m0/s1. The van der Waals surface area contributed by atoms with E-state index in [1.165, 1.54) is 11.2 Å². The van der Waals surface area contributed by atoms with Crippen molar-refractivity contribution in [2.45, 2.75) is 51.5 Å². The molecule has 1 unspecified atom stereocenters. The van der Waals surface area contributed by atoms with Crippen LogP contribution in [0.25, 0.3) is 0 Å². The molecule has 3 amide bonds. The fourth-order valence-corrected chi connectivity index (χ4v) is 5.50. The molecule has 0 aliphatic rings. The van der Waals surface area contributed by atoms with Gasteiger partial charge in [-0.1, -0.05) is 110 Å². The molecule has 0 saturated heterocycles. The molecule has 2 atom stereocenters. The summed E-state index contributed by atoms with van der Waals surface area (Å²) in [6.07, 6.45) is 3.32. The van der Waals surface area contributed by atoms with Crippen LogP contribution in [-0.4, -0.2) is 51.9 Å². The number of nitrogens with one attached hydrogen (secondary N) is 3. The lowest BCUT2D eigenvalue weighted by molar-refractivity contribution is -0.138. The Balaban J connectivity index is 1.30. The minimum Gasteiger partial charge on any atom is -0.489 e. The van der Waals surface area contributed by atoms with Crippen LogP contribution in [0.1, 0.15) is 47.2 Å². The van der Waals surface area contributed by atoms with E-state index < -0.39 is 18.0 Å². The monoisotopic (exact) mass is 673 g/mol. The molecule has 5 rings (SSSR count). The number of imidazole rings is 1. The van der Waals surface area contributed by atoms with E-state index in [1.54, 1.807) is 6.20 Å². The third-order valence-electron chi connectivity index (χ3n) is 8.28. The average Bonchev–Trinajstić information content (AvgIpc) is 3.68. The topological polar surface area (TPSA) is 126 Å². The predicted octanol–water partition coefficient (Wildman–Crippen LogP) is 6.17. The molecule has 0 saturated carbocycles. The number of ether oxygens (including phenoxy) is 2. The average molecular weight is 674 g/mol. The van der Waals surface area contributed by atoms with Gasteiger partial charge in [-0.2, -0.15) is 0 Å². The third kappa shape index (κ3) is 11.1. The van der Waals surface area contributed by atoms with E-state index >= 15 is 0 Å². The van der Waals surface area contributed by atoms with E-state index in [9.17, 15) is 14.4 Å². The molecule has 1 aromatic heterocycles. The lowest BCUT2D eigenvalue weighted by atomic mass is 9.96. The Hall–Kier alpha value is -5.90. The Morgan fingerprint density at radius 1 is 0.800 bits per heavy atom. The minimum atomic E-state index is -1.03. The number of nitrogens with zero attached hydrogens (tertiary/aromatic N) is 2. The van der Waals surface area contributed by atoms with Gasteiger partial charge in [-0.15, -0.1) is 0 Å². The van der Waals surface area contributed by atoms with Gasteiger partial charge in [0.2, 0.25) is 11.8 Å². The summed E-state index contributed by atoms with van der Waals surface area (Å²) >= 11 is 0. The van der Waals surface area contributed by atoms with Crippen LogP contribution in [0.5, 0.6) is 5.75 Å². The van der Waals surface area contributed by atoms with Crippen molar-refractivity contribution >= 4 is 17.9 Å². The van der Waals surface area contributed by atoms with Crippen LogP contribution >= 0.6 is 0 Å². The molecule has 4 aromatic carbocycles. The molecular weight excluding hydrogens is 630 g/mol. The molecule has 10 heteroatoms. The summed E-state index contributed by atoms with van der Waals surface area (Å²) in [4.78, 5) is 49.2. The molecule has 258 valence electrons. The first kappa shape index (κ1) is 35.4. The maximum absolute atomic E-state index is 14.3. The summed E-state index contributed by atoms with van der Waals surface area (Å²) in [5.41, 5.74) is 4.44. The Morgan fingerprint density at radius 2 is 1.44 bits per heavy atom. The molecule has 0 fully saturated rings. The highest BCUT2D eigenvalue weighted by Gasteiger charge is 2.29. The molecule has 0 aliphatic carbocycles. The van der Waals surface area contributed by atoms with Gasteiger partial charge in [-0.05, 0) is 40.8 Å². The number of benzene rings is 4. The lowest BCUT2D eigenvalue weighted by Gasteiger charge is -2.28. The fraction of sp³-hybridized carbons (Fsp3) is 0.250. The van der Waals surface area contributed by atoms with Gasteiger partial charge in [0.25, 0.3) is 0 Å². The zero-order valence-electron chi connectivity index (χ0n) is 28.2. The highest BCUT2D eigenvalue weighted by molar-refractivity contribution is 5.89. The first-order chi connectivity index (χ1) is 24.5. The zero-order chi connectivity index (χ0) is 35.0. The van der Waals surface area contributed by atoms with Crippen molar-refractivity contribution in [3.63, 3.8) is 0 Å². The van der Waals surface area contributed by atoms with E-state index in [4.69, 9.17) is 9.47 Å². The van der Waals surface area contributed by atoms with Crippen LogP contribution in [0.4, 0.5) is 4.79 Å². The van der Waals surface area contributed by atoms with Crippen LogP contribution in [0.15, 0.2) is 128 Å². The number of carbonyl (C=O) groups excluding carboxylic acids is 3. The third-order valence-corrected chi connectivity index (χ3v) is 8.28. The van der Waals surface area contributed by atoms with Crippen molar-refractivity contribution in [1.29, 1.82) is 0 Å². The van der Waals surface area contributed by atoms with E-state index in [-0.39, 0.29) is 37.9 Å². The van der Waals surface area contributed by atoms with Crippen molar-refractivity contribution in [3.8, 4) is 5.75 Å². The molecule has 3 N–H and O–H groups in total. The molecule has 5 aromatic rings. The molecule has 50 heavy (non-hydrogen) atoms. The van der Waals surface area contributed by atoms with Gasteiger partial charge < -0.3 is 30.0 Å². The van der Waals surface area contributed by atoms with Gasteiger partial charge >= 0.3 is 6.09 Å². The Bertz CT molecular complexity index is 1750. The highest BCUT2D eigenvalue weighted by atomic mass is 16.5. The van der Waals surface area contributed by atoms with Gasteiger partial charge in [-0.3, -0.25) is 9.59 Å². The summed E-state index contributed by atoms with van der Waals surface area (Å²) in [5, 5.41) is 5.76. The van der Waals surface area contributed by atoms with Crippen LogP contribution in [0.2, 0.25) is 0 Å². The predicted molar refractivity (Wildman–Crippen MR) is 191 cm³/mol. The van der Waals surface area contributed by atoms with Crippen molar-refractivity contribution in [2.75, 3.05) is 13.1 Å². The Kier molecular flexibility index (Phi) is 13.2. The number of aromatic nitrogens is 2. The molecule has 0 spiro atoms. The minimum absolute atomic E-state index is 0.0441. The Morgan fingerprint density at radius 3 is 2.06 bits per heavy atom. The zero-order valence-corrected chi connectivity index (χ0v) is 28.2. The largest absolute Gasteiger partial charge is 0.489 e. The molecule has 0 bridgehead atoms. The number of hydrogen-bond donors (Lipinski definition) is 3. The second-order valence-corrected chi connectivity index (χ2v) is 12.0. The lowest BCUT2D eigenvalue weighted by Crippen LogP contribution is -2.52. The summed E-state index contributed by atoms with van der Waals surface area (Å²) in [5.74, 6) is 0.0648. The number of hydrogen-bond acceptors (Lipinski definition) is 6. The number of carbonyl (C=O) groups is 3. The fourth-order valence-electron chi connectivity index (χ4n) is 5.50. The Labute approximate surface area is 292 Å². The maximum atomic E-state index is 14.3. The van der Waals surface area contributed by atoms with Crippen LogP contribution in [-0.2, 0) is 40.5 Å². The maximum Gasteiger partial charge on any atom is 0.408 e. The second-order valence-electron chi connectivity index (χ2n) is 12.0. The van der Waals surface area contributed by atoms with Crippen LogP contribution < -0.4 is 15.4 Å². The van der Waals surface area contributed by atoms with Crippen molar-refractivity contribution in [2.24, 2.45) is 0 Å². The van der Waals surface area contributed by atoms with Crippen molar-refractivity contribution < 1.29 is 23.9 Å². The van der Waals surface area contributed by atoms with E-state index in [1.807, 2.05) is 115 Å². The molecule has 0 radical (unpaired) electrons. The molecule has 1 heterocycles. The van der Waals surface area contributed by atoms with Crippen LogP contribution in [0, 0.1) is 0 Å². The van der Waals surface area contributed by atoms with E-state index in [2.05, 4.69) is 27.5 Å². The summed E-state index contributed by atoms with van der Waals surface area (Å²) in [6.45, 7) is 2.89. The highest BCUT2D eigenvalue weighted by Crippen LogP contribution is 2.19. The molecule has 0 aliphatic heterocycles. The summed E-state index contributed by atoms with van der Waals surface area (Å²) < 4.78 is 11.4. The quantitative estimate of drug-likeness (QED) is 0.109. The summed E-state index contributed by atoms with van der Waals surface area (Å²) in [7, 11) is 0. The smallest absolute Gasteiger partial charge is 0.408 e. The second kappa shape index (κ2) is 18.6.